The van der Waals surface area contributed by atoms with Crippen molar-refractivity contribution in [2.75, 3.05) is 6.61 Å². The van der Waals surface area contributed by atoms with E-state index in [2.05, 4.69) is 0 Å². The number of carbonyl (C=O) groups excluding carboxylic acids is 1. The number of esters is 1. The van der Waals surface area contributed by atoms with E-state index in [0.717, 1.165) is 0 Å². The maximum absolute atomic E-state index is 12.9. The average molecular weight is 257 g/mol. The predicted octanol–water partition coefficient (Wildman–Crippen LogP) is 3.18. The highest BCUT2D eigenvalue weighted by Crippen LogP contribution is 2.65. The van der Waals surface area contributed by atoms with Gasteiger partial charge in [-0.2, -0.15) is 0 Å². The molecule has 1 fully saturated rings. The highest BCUT2D eigenvalue weighted by molar-refractivity contribution is 6.62. The van der Waals surface area contributed by atoms with Gasteiger partial charge in [-0.15, -0.1) is 0 Å². The summed E-state index contributed by atoms with van der Waals surface area (Å²) in [5, 5.41) is 0. The van der Waals surface area contributed by atoms with E-state index in [0.29, 0.717) is 5.56 Å². The molecule has 2 rings (SSSR count). The summed E-state index contributed by atoms with van der Waals surface area (Å²) in [6.07, 6.45) is 0. The lowest BCUT2D eigenvalue weighted by Gasteiger charge is -2.13. The lowest BCUT2D eigenvalue weighted by Crippen LogP contribution is -2.19. The third kappa shape index (κ3) is 2.37. The van der Waals surface area contributed by atoms with Gasteiger partial charge in [-0.05, 0) is 18.4 Å². The third-order valence-corrected chi connectivity index (χ3v) is 3.26. The predicted molar refractivity (Wildman–Crippen MR) is 62.1 cm³/mol. The first-order valence-electron chi connectivity index (χ1n) is 5.88. The Balaban J connectivity index is 2.21. The van der Waals surface area contributed by atoms with Crippen LogP contribution in [0.15, 0.2) is 30.3 Å². The van der Waals surface area contributed by atoms with Gasteiger partial charge in [-0.3, -0.25) is 4.79 Å². The van der Waals surface area contributed by atoms with Crippen LogP contribution in [0.4, 0.5) is 12.9 Å². The molecule has 0 aromatic heterocycles. The Morgan fingerprint density at radius 1 is 1.28 bits per heavy atom. The average Bonchev–Trinajstić information content (AvgIpc) is 3.05. The van der Waals surface area contributed by atoms with Crippen molar-refractivity contribution < 1.29 is 22.5 Å². The lowest BCUT2D eigenvalue weighted by molar-refractivity contribution is -0.144. The minimum atomic E-state index is -5.02. The summed E-state index contributed by atoms with van der Waals surface area (Å²) in [5.74, 6) is -4.13. The Hall–Kier alpha value is -1.46. The Morgan fingerprint density at radius 3 is 2.39 bits per heavy atom. The zero-order valence-electron chi connectivity index (χ0n) is 9.85. The highest BCUT2D eigenvalue weighted by Gasteiger charge is 2.63. The summed E-state index contributed by atoms with van der Waals surface area (Å²) >= 11 is 0. The van der Waals surface area contributed by atoms with Crippen molar-refractivity contribution in [1.29, 1.82) is 0 Å². The summed E-state index contributed by atoms with van der Waals surface area (Å²) in [6, 6.07) is 8.34. The van der Waals surface area contributed by atoms with Crippen molar-refractivity contribution in [3.8, 4) is 0 Å². The van der Waals surface area contributed by atoms with E-state index in [-0.39, 0.29) is 6.61 Å². The second-order valence-corrected chi connectivity index (χ2v) is 4.42. The summed E-state index contributed by atoms with van der Waals surface area (Å²) in [5.41, 5.74) is 0.555. The van der Waals surface area contributed by atoms with Gasteiger partial charge in [0.25, 0.3) is 0 Å². The van der Waals surface area contributed by atoms with Crippen molar-refractivity contribution in [3.05, 3.63) is 35.9 Å². The number of carbonyl (C=O) groups is 1. The van der Waals surface area contributed by atoms with E-state index in [1.807, 2.05) is 0 Å². The van der Waals surface area contributed by atoms with Crippen LogP contribution in [0.25, 0.3) is 0 Å². The van der Waals surface area contributed by atoms with Gasteiger partial charge < -0.3 is 17.7 Å². The van der Waals surface area contributed by atoms with E-state index in [9.17, 15) is 17.7 Å². The molecule has 0 spiro atoms. The molecule has 1 aromatic rings. The molecule has 0 aliphatic heterocycles. The molecule has 18 heavy (non-hydrogen) atoms. The van der Waals surface area contributed by atoms with Gasteiger partial charge in [0, 0.05) is 5.92 Å². The molecule has 98 valence electrons. The van der Waals surface area contributed by atoms with Gasteiger partial charge in [-0.1, -0.05) is 36.1 Å². The van der Waals surface area contributed by atoms with Crippen LogP contribution in [0.5, 0.6) is 0 Å². The second-order valence-electron chi connectivity index (χ2n) is 4.42. The SMILES string of the molecule is CCOC(=O)[C@@H]1C(c2ccccc2)[C@@H]1[B-](F)(F)F. The minimum Gasteiger partial charge on any atom is -0.466 e. The maximum atomic E-state index is 12.9. The summed E-state index contributed by atoms with van der Waals surface area (Å²) in [6.45, 7) is -3.33. The van der Waals surface area contributed by atoms with Gasteiger partial charge in [-0.25, -0.2) is 0 Å². The third-order valence-electron chi connectivity index (χ3n) is 3.26. The number of hydrogen-bond acceptors (Lipinski definition) is 2. The minimum absolute atomic E-state index is 0.106. The van der Waals surface area contributed by atoms with Crippen LogP contribution >= 0.6 is 0 Å². The summed E-state index contributed by atoms with van der Waals surface area (Å²) in [7, 11) is 0. The number of benzene rings is 1. The van der Waals surface area contributed by atoms with E-state index < -0.39 is 30.6 Å². The van der Waals surface area contributed by atoms with E-state index in [1.165, 1.54) is 0 Å². The molecule has 0 radical (unpaired) electrons. The van der Waals surface area contributed by atoms with E-state index in [1.54, 1.807) is 37.3 Å². The normalized spacial score (nSPS) is 26.8. The van der Waals surface area contributed by atoms with Gasteiger partial charge in [0.15, 0.2) is 0 Å². The maximum Gasteiger partial charge on any atom is 0.482 e. The highest BCUT2D eigenvalue weighted by atomic mass is 19.4. The van der Waals surface area contributed by atoms with Crippen LogP contribution < -0.4 is 0 Å². The quantitative estimate of drug-likeness (QED) is 0.611. The molecule has 1 aromatic carbocycles. The van der Waals surface area contributed by atoms with Gasteiger partial charge in [0.05, 0.1) is 6.61 Å². The fraction of sp³-hybridized carbons (Fsp3) is 0.417. The number of hydrogen-bond donors (Lipinski definition) is 0. The van der Waals surface area contributed by atoms with Gasteiger partial charge in [0.1, 0.15) is 0 Å². The molecule has 0 bridgehead atoms. The first-order valence-corrected chi connectivity index (χ1v) is 5.88. The Bertz CT molecular complexity index is 433. The fourth-order valence-electron chi connectivity index (χ4n) is 2.45. The molecule has 1 unspecified atom stereocenters. The summed E-state index contributed by atoms with van der Waals surface area (Å²) in [4.78, 5) is 11.5. The first-order chi connectivity index (χ1) is 8.46. The van der Waals surface area contributed by atoms with Crippen LogP contribution in [0.1, 0.15) is 18.4 Å². The van der Waals surface area contributed by atoms with Gasteiger partial charge >= 0.3 is 12.9 Å². The molecule has 0 amide bonds. The van der Waals surface area contributed by atoms with Crippen LogP contribution in [-0.2, 0) is 9.53 Å². The molecule has 0 saturated heterocycles. The first kappa shape index (κ1) is 13.0. The lowest BCUT2D eigenvalue weighted by atomic mass is 9.80. The largest absolute Gasteiger partial charge is 0.482 e. The molecule has 1 aliphatic carbocycles. The van der Waals surface area contributed by atoms with Crippen LogP contribution in [0.3, 0.4) is 0 Å². The molecular weight excluding hydrogens is 244 g/mol. The van der Waals surface area contributed by atoms with Crippen LogP contribution in [0.2, 0.25) is 5.82 Å². The van der Waals surface area contributed by atoms with Crippen LogP contribution in [0, 0.1) is 5.92 Å². The number of ether oxygens (including phenoxy) is 1. The monoisotopic (exact) mass is 257 g/mol. The fourth-order valence-corrected chi connectivity index (χ4v) is 2.45. The Kier molecular flexibility index (Phi) is 3.37. The Labute approximate surface area is 103 Å². The van der Waals surface area contributed by atoms with Crippen LogP contribution in [-0.4, -0.2) is 19.6 Å². The standard InChI is InChI=1S/C12H13BF3O2/c1-2-18-12(17)10-9(11(10)13(14,15)16)8-6-4-3-5-7-8/h3-7,9-11H,2H2,1H3/q-1/t9?,10-,11+/m1/s1. The van der Waals surface area contributed by atoms with Crippen molar-refractivity contribution in [3.63, 3.8) is 0 Å². The number of rotatable bonds is 4. The van der Waals surface area contributed by atoms with E-state index >= 15 is 0 Å². The topological polar surface area (TPSA) is 26.3 Å². The molecule has 6 heteroatoms. The van der Waals surface area contributed by atoms with Gasteiger partial charge in [0.2, 0.25) is 0 Å². The van der Waals surface area contributed by atoms with E-state index in [4.69, 9.17) is 4.74 Å². The molecule has 1 aliphatic rings. The molecular formula is C12H13BF3O2-. The van der Waals surface area contributed by atoms with Crippen molar-refractivity contribution >= 4 is 12.9 Å². The smallest absolute Gasteiger partial charge is 0.466 e. The van der Waals surface area contributed by atoms with Crippen molar-refractivity contribution in [2.24, 2.45) is 5.92 Å². The Morgan fingerprint density at radius 2 is 1.89 bits per heavy atom. The molecule has 0 heterocycles. The molecule has 0 N–H and O–H groups in total. The van der Waals surface area contributed by atoms with Crippen molar-refractivity contribution in [2.45, 2.75) is 18.7 Å². The molecule has 1 saturated carbocycles. The number of halogens is 3. The second kappa shape index (κ2) is 4.67. The molecule has 3 atom stereocenters. The molecule has 2 nitrogen and oxygen atoms in total. The zero-order valence-corrected chi connectivity index (χ0v) is 9.85. The van der Waals surface area contributed by atoms with Crippen molar-refractivity contribution in [1.82, 2.24) is 0 Å². The summed E-state index contributed by atoms with van der Waals surface area (Å²) < 4.78 is 43.4. The zero-order chi connectivity index (χ0) is 13.3.